The standard InChI is InChI=1S/C27H25N3O3/c1-19-26(20(2)30(29-19)17-21-11-5-3-6-12-21)27(32)33-18-25(31)28-24-16-10-9-15-23(24)22-13-7-4-8-14-22/h3-16H,17-18H2,1-2H3,(H,28,31). The second-order valence-electron chi connectivity index (χ2n) is 7.72. The molecular weight excluding hydrogens is 414 g/mol. The Bertz CT molecular complexity index is 1260. The molecule has 4 rings (SSSR count). The predicted molar refractivity (Wildman–Crippen MR) is 128 cm³/mol. The zero-order valence-corrected chi connectivity index (χ0v) is 18.6. The van der Waals surface area contributed by atoms with Crippen LogP contribution in [-0.4, -0.2) is 28.3 Å². The predicted octanol–water partition coefficient (Wildman–Crippen LogP) is 5.01. The highest BCUT2D eigenvalue weighted by molar-refractivity contribution is 5.98. The molecule has 0 unspecified atom stereocenters. The second kappa shape index (κ2) is 9.96. The highest BCUT2D eigenvalue weighted by Crippen LogP contribution is 2.27. The smallest absolute Gasteiger partial charge is 0.342 e. The Hall–Kier alpha value is -4.19. The fourth-order valence-electron chi connectivity index (χ4n) is 3.75. The molecular formula is C27H25N3O3. The van der Waals surface area contributed by atoms with Crippen LogP contribution in [0, 0.1) is 13.8 Å². The van der Waals surface area contributed by atoms with Crippen molar-refractivity contribution in [2.75, 3.05) is 11.9 Å². The third kappa shape index (κ3) is 5.18. The quantitative estimate of drug-likeness (QED) is 0.411. The Kier molecular flexibility index (Phi) is 6.64. The SMILES string of the molecule is Cc1nn(Cc2ccccc2)c(C)c1C(=O)OCC(=O)Nc1ccccc1-c1ccccc1. The summed E-state index contributed by atoms with van der Waals surface area (Å²) in [6.45, 7) is 3.76. The van der Waals surface area contributed by atoms with Crippen LogP contribution in [0.15, 0.2) is 84.9 Å². The van der Waals surface area contributed by atoms with Crippen molar-refractivity contribution in [3.05, 3.63) is 107 Å². The van der Waals surface area contributed by atoms with Crippen molar-refractivity contribution in [3.63, 3.8) is 0 Å². The van der Waals surface area contributed by atoms with E-state index in [4.69, 9.17) is 4.74 Å². The van der Waals surface area contributed by atoms with Crippen molar-refractivity contribution in [1.29, 1.82) is 0 Å². The lowest BCUT2D eigenvalue weighted by Crippen LogP contribution is -2.21. The van der Waals surface area contributed by atoms with Crippen LogP contribution in [0.5, 0.6) is 0 Å². The number of aromatic nitrogens is 2. The number of carbonyl (C=O) groups excluding carboxylic acids is 2. The highest BCUT2D eigenvalue weighted by Gasteiger charge is 2.21. The molecule has 0 aliphatic rings. The van der Waals surface area contributed by atoms with Crippen LogP contribution in [0.4, 0.5) is 5.69 Å². The maximum atomic E-state index is 12.7. The topological polar surface area (TPSA) is 73.2 Å². The maximum Gasteiger partial charge on any atom is 0.342 e. The van der Waals surface area contributed by atoms with E-state index >= 15 is 0 Å². The average Bonchev–Trinajstić information content (AvgIpc) is 3.11. The molecule has 0 bridgehead atoms. The minimum absolute atomic E-state index is 0.384. The molecule has 0 saturated heterocycles. The number of nitrogens with zero attached hydrogens (tertiary/aromatic N) is 2. The molecule has 3 aromatic carbocycles. The lowest BCUT2D eigenvalue weighted by Gasteiger charge is -2.11. The number of amides is 1. The van der Waals surface area contributed by atoms with Crippen LogP contribution in [0.3, 0.4) is 0 Å². The van der Waals surface area contributed by atoms with Crippen molar-refractivity contribution < 1.29 is 14.3 Å². The van der Waals surface area contributed by atoms with E-state index in [0.29, 0.717) is 29.2 Å². The molecule has 1 aromatic heterocycles. The van der Waals surface area contributed by atoms with E-state index in [-0.39, 0.29) is 6.61 Å². The molecule has 4 aromatic rings. The average molecular weight is 440 g/mol. The van der Waals surface area contributed by atoms with E-state index in [1.54, 1.807) is 11.6 Å². The summed E-state index contributed by atoms with van der Waals surface area (Å²) in [5.41, 5.74) is 5.30. The van der Waals surface area contributed by atoms with Gasteiger partial charge < -0.3 is 10.1 Å². The van der Waals surface area contributed by atoms with Crippen molar-refractivity contribution in [3.8, 4) is 11.1 Å². The number of benzene rings is 3. The molecule has 0 aliphatic carbocycles. The van der Waals surface area contributed by atoms with Gasteiger partial charge in [-0.3, -0.25) is 9.48 Å². The molecule has 0 radical (unpaired) electrons. The monoisotopic (exact) mass is 439 g/mol. The molecule has 1 amide bonds. The Morgan fingerprint density at radius 2 is 1.52 bits per heavy atom. The summed E-state index contributed by atoms with van der Waals surface area (Å²) >= 11 is 0. The van der Waals surface area contributed by atoms with Gasteiger partial charge in [0.25, 0.3) is 5.91 Å². The molecule has 0 aliphatic heterocycles. The van der Waals surface area contributed by atoms with Crippen LogP contribution >= 0.6 is 0 Å². The Morgan fingerprint density at radius 3 is 2.24 bits per heavy atom. The van der Waals surface area contributed by atoms with E-state index in [1.165, 1.54) is 0 Å². The number of rotatable bonds is 7. The van der Waals surface area contributed by atoms with E-state index in [0.717, 1.165) is 16.7 Å². The number of aryl methyl sites for hydroxylation is 1. The molecule has 166 valence electrons. The van der Waals surface area contributed by atoms with Crippen molar-refractivity contribution in [2.45, 2.75) is 20.4 Å². The van der Waals surface area contributed by atoms with Gasteiger partial charge in [-0.05, 0) is 31.0 Å². The number of nitrogens with one attached hydrogen (secondary N) is 1. The number of hydrogen-bond acceptors (Lipinski definition) is 4. The minimum atomic E-state index is -0.559. The van der Waals surface area contributed by atoms with Crippen molar-refractivity contribution in [2.24, 2.45) is 0 Å². The number of esters is 1. The Morgan fingerprint density at radius 1 is 0.879 bits per heavy atom. The normalized spacial score (nSPS) is 10.6. The van der Waals surface area contributed by atoms with Crippen molar-refractivity contribution >= 4 is 17.6 Å². The summed E-state index contributed by atoms with van der Waals surface area (Å²) < 4.78 is 7.10. The van der Waals surface area contributed by atoms with E-state index in [2.05, 4.69) is 10.4 Å². The zero-order valence-electron chi connectivity index (χ0n) is 18.6. The summed E-state index contributed by atoms with van der Waals surface area (Å²) in [4.78, 5) is 25.3. The van der Waals surface area contributed by atoms with E-state index in [1.807, 2.05) is 91.9 Å². The molecule has 0 spiro atoms. The Labute approximate surface area is 192 Å². The molecule has 6 nitrogen and oxygen atoms in total. The van der Waals surface area contributed by atoms with Crippen LogP contribution in [0.25, 0.3) is 11.1 Å². The number of hydrogen-bond donors (Lipinski definition) is 1. The highest BCUT2D eigenvalue weighted by atomic mass is 16.5. The molecule has 6 heteroatoms. The van der Waals surface area contributed by atoms with Gasteiger partial charge in [-0.1, -0.05) is 78.9 Å². The van der Waals surface area contributed by atoms with Gasteiger partial charge in [0.15, 0.2) is 6.61 Å². The molecule has 0 saturated carbocycles. The summed E-state index contributed by atoms with van der Waals surface area (Å²) in [5.74, 6) is -0.963. The van der Waals surface area contributed by atoms with Gasteiger partial charge in [0.1, 0.15) is 5.56 Å². The van der Waals surface area contributed by atoms with Gasteiger partial charge in [-0.25, -0.2) is 4.79 Å². The molecule has 33 heavy (non-hydrogen) atoms. The number of para-hydroxylation sites is 1. The molecule has 1 N–H and O–H groups in total. The fraction of sp³-hybridized carbons (Fsp3) is 0.148. The van der Waals surface area contributed by atoms with Crippen LogP contribution in [0.1, 0.15) is 27.3 Å². The van der Waals surface area contributed by atoms with Crippen LogP contribution in [-0.2, 0) is 16.1 Å². The maximum absolute atomic E-state index is 12.7. The number of carbonyl (C=O) groups is 2. The van der Waals surface area contributed by atoms with Crippen LogP contribution < -0.4 is 5.32 Å². The first-order chi connectivity index (χ1) is 16.0. The minimum Gasteiger partial charge on any atom is -0.452 e. The summed E-state index contributed by atoms with van der Waals surface area (Å²) in [6.07, 6.45) is 0. The van der Waals surface area contributed by atoms with Gasteiger partial charge >= 0.3 is 5.97 Å². The number of ether oxygens (including phenoxy) is 1. The molecule has 1 heterocycles. The third-order valence-corrected chi connectivity index (χ3v) is 5.38. The first-order valence-corrected chi connectivity index (χ1v) is 10.7. The largest absolute Gasteiger partial charge is 0.452 e. The van der Waals surface area contributed by atoms with Crippen LogP contribution in [0.2, 0.25) is 0 Å². The lowest BCUT2D eigenvalue weighted by molar-refractivity contribution is -0.119. The first-order valence-electron chi connectivity index (χ1n) is 10.7. The Balaban J connectivity index is 1.41. The van der Waals surface area contributed by atoms with Gasteiger partial charge in [-0.2, -0.15) is 5.10 Å². The van der Waals surface area contributed by atoms with Gasteiger partial charge in [0.2, 0.25) is 0 Å². The first kappa shape index (κ1) is 22.0. The number of anilines is 1. The second-order valence-corrected chi connectivity index (χ2v) is 7.72. The summed E-state index contributed by atoms with van der Waals surface area (Å²) in [5, 5.41) is 7.33. The van der Waals surface area contributed by atoms with E-state index in [9.17, 15) is 9.59 Å². The molecule has 0 atom stereocenters. The van der Waals surface area contributed by atoms with Crippen molar-refractivity contribution in [1.82, 2.24) is 9.78 Å². The summed E-state index contributed by atoms with van der Waals surface area (Å²) in [6, 6.07) is 27.2. The third-order valence-electron chi connectivity index (χ3n) is 5.38. The lowest BCUT2D eigenvalue weighted by atomic mass is 10.0. The molecule has 0 fully saturated rings. The van der Waals surface area contributed by atoms with Gasteiger partial charge in [0, 0.05) is 11.3 Å². The zero-order chi connectivity index (χ0) is 23.2. The summed E-state index contributed by atoms with van der Waals surface area (Å²) in [7, 11) is 0. The van der Waals surface area contributed by atoms with Gasteiger partial charge in [-0.15, -0.1) is 0 Å². The van der Waals surface area contributed by atoms with Gasteiger partial charge in [0.05, 0.1) is 17.9 Å². The van der Waals surface area contributed by atoms with E-state index < -0.39 is 11.9 Å². The fourth-order valence-corrected chi connectivity index (χ4v) is 3.75.